The van der Waals surface area contributed by atoms with Gasteiger partial charge in [0.15, 0.2) is 0 Å². The number of hydrogen-bond donors (Lipinski definition) is 0. The zero-order chi connectivity index (χ0) is 16.8. The number of hydrogen-bond acceptors (Lipinski definition) is 5. The third-order valence-corrected chi connectivity index (χ3v) is 3.90. The molecule has 1 aromatic carbocycles. The first-order valence-electron chi connectivity index (χ1n) is 8.07. The Morgan fingerprint density at radius 3 is 2.79 bits per heavy atom. The molecule has 24 heavy (non-hydrogen) atoms. The highest BCUT2D eigenvalue weighted by molar-refractivity contribution is 5.77. The Bertz CT molecular complexity index is 661. The van der Waals surface area contributed by atoms with Crippen molar-refractivity contribution in [2.24, 2.45) is 0 Å². The third-order valence-electron chi connectivity index (χ3n) is 3.90. The van der Waals surface area contributed by atoms with Crippen molar-refractivity contribution < 1.29 is 14.3 Å². The van der Waals surface area contributed by atoms with Gasteiger partial charge in [-0.1, -0.05) is 30.3 Å². The number of carbonyl (C=O) groups excluding carboxylic acids is 1. The van der Waals surface area contributed by atoms with Gasteiger partial charge < -0.3 is 14.4 Å². The lowest BCUT2D eigenvalue weighted by atomic mass is 10.2. The molecule has 2 aromatic rings. The zero-order valence-corrected chi connectivity index (χ0v) is 13.7. The normalized spacial score (nSPS) is 17.0. The first-order chi connectivity index (χ1) is 11.7. The fraction of sp³-hybridized carbons (Fsp3) is 0.389. The van der Waals surface area contributed by atoms with Crippen molar-refractivity contribution in [2.75, 3.05) is 19.7 Å². The molecule has 1 amide bonds. The van der Waals surface area contributed by atoms with E-state index in [4.69, 9.17) is 9.47 Å². The van der Waals surface area contributed by atoms with Gasteiger partial charge in [0.25, 0.3) is 0 Å². The van der Waals surface area contributed by atoms with Crippen LogP contribution in [0.3, 0.4) is 0 Å². The van der Waals surface area contributed by atoms with Gasteiger partial charge in [-0.2, -0.15) is 5.10 Å². The van der Waals surface area contributed by atoms with Gasteiger partial charge in [0.2, 0.25) is 11.8 Å². The van der Waals surface area contributed by atoms with Crippen molar-refractivity contribution in [1.82, 2.24) is 15.1 Å². The third kappa shape index (κ3) is 4.52. The number of aryl methyl sites for hydroxylation is 1. The number of ether oxygens (including phenoxy) is 2. The maximum absolute atomic E-state index is 12.2. The van der Waals surface area contributed by atoms with Gasteiger partial charge in [0.1, 0.15) is 12.7 Å². The number of likely N-dealkylation sites (tertiary alicyclic amines) is 1. The van der Waals surface area contributed by atoms with Crippen molar-refractivity contribution in [3.63, 3.8) is 0 Å². The van der Waals surface area contributed by atoms with Crippen LogP contribution >= 0.6 is 0 Å². The van der Waals surface area contributed by atoms with E-state index in [2.05, 4.69) is 10.2 Å². The summed E-state index contributed by atoms with van der Waals surface area (Å²) < 4.78 is 11.3. The Kier molecular flexibility index (Phi) is 5.38. The second-order valence-electron chi connectivity index (χ2n) is 5.86. The molecule has 3 rings (SSSR count). The number of carbonyl (C=O) groups is 1. The topological polar surface area (TPSA) is 64.5 Å². The number of aromatic nitrogens is 2. The average Bonchev–Trinajstić information content (AvgIpc) is 3.06. The van der Waals surface area contributed by atoms with E-state index in [0.717, 1.165) is 17.7 Å². The predicted molar refractivity (Wildman–Crippen MR) is 88.5 cm³/mol. The van der Waals surface area contributed by atoms with Crippen molar-refractivity contribution in [2.45, 2.75) is 26.1 Å². The smallest absolute Gasteiger partial charge is 0.248 e. The molecule has 0 aliphatic carbocycles. The van der Waals surface area contributed by atoms with Crippen LogP contribution in [0.1, 0.15) is 17.7 Å². The fourth-order valence-electron chi connectivity index (χ4n) is 2.59. The number of nitrogens with zero attached hydrogens (tertiary/aromatic N) is 3. The maximum atomic E-state index is 12.2. The summed E-state index contributed by atoms with van der Waals surface area (Å²) in [6.45, 7) is 3.65. The highest BCUT2D eigenvalue weighted by Crippen LogP contribution is 2.16. The summed E-state index contributed by atoms with van der Waals surface area (Å²) in [7, 11) is 0. The molecule has 1 atom stereocenters. The maximum Gasteiger partial charge on any atom is 0.248 e. The van der Waals surface area contributed by atoms with Gasteiger partial charge in [-0.15, -0.1) is 5.10 Å². The molecule has 6 nitrogen and oxygen atoms in total. The molecule has 0 saturated carbocycles. The van der Waals surface area contributed by atoms with Crippen LogP contribution in [0.25, 0.3) is 0 Å². The SMILES string of the molecule is Cc1ccc(O[C@H]2CCN(C(=O)COCc3ccccc3)C2)nn1. The molecule has 0 spiro atoms. The van der Waals surface area contributed by atoms with Crippen LogP contribution in [0.5, 0.6) is 5.88 Å². The highest BCUT2D eigenvalue weighted by Gasteiger charge is 2.27. The van der Waals surface area contributed by atoms with E-state index in [1.165, 1.54) is 0 Å². The monoisotopic (exact) mass is 327 g/mol. The molecular weight excluding hydrogens is 306 g/mol. The van der Waals surface area contributed by atoms with Crippen LogP contribution < -0.4 is 4.74 Å². The van der Waals surface area contributed by atoms with Crippen LogP contribution in [0.2, 0.25) is 0 Å². The second-order valence-corrected chi connectivity index (χ2v) is 5.86. The molecule has 0 unspecified atom stereocenters. The summed E-state index contributed by atoms with van der Waals surface area (Å²) in [5, 5.41) is 7.96. The van der Waals surface area contributed by atoms with E-state index in [1.54, 1.807) is 11.0 Å². The van der Waals surface area contributed by atoms with Gasteiger partial charge in [0.05, 0.1) is 18.8 Å². The molecule has 6 heteroatoms. The lowest BCUT2D eigenvalue weighted by Crippen LogP contribution is -2.33. The number of rotatable bonds is 6. The molecular formula is C18H21N3O3. The van der Waals surface area contributed by atoms with Crippen LogP contribution in [0.15, 0.2) is 42.5 Å². The molecule has 2 heterocycles. The van der Waals surface area contributed by atoms with Gasteiger partial charge in [-0.3, -0.25) is 4.79 Å². The second kappa shape index (κ2) is 7.88. The minimum absolute atomic E-state index is 0.00739. The van der Waals surface area contributed by atoms with Crippen LogP contribution in [-0.4, -0.2) is 46.8 Å². The molecule has 0 N–H and O–H groups in total. The first-order valence-corrected chi connectivity index (χ1v) is 8.07. The van der Waals surface area contributed by atoms with Crippen molar-refractivity contribution in [1.29, 1.82) is 0 Å². The van der Waals surface area contributed by atoms with Crippen LogP contribution in [0, 0.1) is 6.92 Å². The molecule has 1 fully saturated rings. The first kappa shape index (κ1) is 16.4. The zero-order valence-electron chi connectivity index (χ0n) is 13.7. The largest absolute Gasteiger partial charge is 0.471 e. The Labute approximate surface area is 141 Å². The Morgan fingerprint density at radius 1 is 1.21 bits per heavy atom. The molecule has 0 radical (unpaired) electrons. The molecule has 1 saturated heterocycles. The summed E-state index contributed by atoms with van der Waals surface area (Å²) >= 11 is 0. The quantitative estimate of drug-likeness (QED) is 0.812. The molecule has 1 aliphatic rings. The Hall–Kier alpha value is -2.47. The number of benzene rings is 1. The van der Waals surface area contributed by atoms with Gasteiger partial charge >= 0.3 is 0 Å². The van der Waals surface area contributed by atoms with Crippen molar-refractivity contribution in [3.05, 3.63) is 53.7 Å². The lowest BCUT2D eigenvalue weighted by molar-refractivity contribution is -0.135. The van der Waals surface area contributed by atoms with Crippen LogP contribution in [-0.2, 0) is 16.1 Å². The van der Waals surface area contributed by atoms with E-state index in [1.807, 2.05) is 43.3 Å². The Morgan fingerprint density at radius 2 is 2.04 bits per heavy atom. The molecule has 1 aromatic heterocycles. The Balaban J connectivity index is 1.41. The summed E-state index contributed by atoms with van der Waals surface area (Å²) in [6.07, 6.45) is 0.750. The summed E-state index contributed by atoms with van der Waals surface area (Å²) in [5.41, 5.74) is 1.91. The average molecular weight is 327 g/mol. The van der Waals surface area contributed by atoms with E-state index in [-0.39, 0.29) is 18.6 Å². The van der Waals surface area contributed by atoms with Crippen molar-refractivity contribution >= 4 is 5.91 Å². The minimum Gasteiger partial charge on any atom is -0.471 e. The number of amides is 1. The van der Waals surface area contributed by atoms with E-state index >= 15 is 0 Å². The molecule has 1 aliphatic heterocycles. The van der Waals surface area contributed by atoms with Gasteiger partial charge in [-0.05, 0) is 18.6 Å². The molecule has 0 bridgehead atoms. The summed E-state index contributed by atoms with van der Waals surface area (Å²) in [5.74, 6) is 0.493. The minimum atomic E-state index is -0.0416. The van der Waals surface area contributed by atoms with E-state index in [0.29, 0.717) is 25.6 Å². The van der Waals surface area contributed by atoms with Crippen LogP contribution in [0.4, 0.5) is 0 Å². The highest BCUT2D eigenvalue weighted by atomic mass is 16.5. The van der Waals surface area contributed by atoms with Gasteiger partial charge in [0, 0.05) is 19.0 Å². The summed E-state index contributed by atoms with van der Waals surface area (Å²) in [4.78, 5) is 14.0. The summed E-state index contributed by atoms with van der Waals surface area (Å²) in [6, 6.07) is 13.5. The molecule has 126 valence electrons. The standard InChI is InChI=1S/C18H21N3O3/c1-14-7-8-17(20-19-14)24-16-9-10-21(11-16)18(22)13-23-12-15-5-3-2-4-6-15/h2-8,16H,9-13H2,1H3/t16-/m0/s1. The van der Waals surface area contributed by atoms with Crippen molar-refractivity contribution in [3.8, 4) is 5.88 Å². The predicted octanol–water partition coefficient (Wildman–Crippen LogP) is 1.98. The van der Waals surface area contributed by atoms with E-state index in [9.17, 15) is 4.79 Å². The lowest BCUT2D eigenvalue weighted by Gasteiger charge is -2.17. The fourth-order valence-corrected chi connectivity index (χ4v) is 2.59. The van der Waals surface area contributed by atoms with Gasteiger partial charge in [-0.25, -0.2) is 0 Å². The van der Waals surface area contributed by atoms with E-state index < -0.39 is 0 Å².